The van der Waals surface area contributed by atoms with Crippen LogP contribution in [0.1, 0.15) is 36.0 Å². The van der Waals surface area contributed by atoms with Crippen molar-refractivity contribution in [2.45, 2.75) is 31.8 Å². The largest absolute Gasteiger partial charge is 0.393 e. The van der Waals surface area contributed by atoms with Crippen molar-refractivity contribution < 1.29 is 14.7 Å². The minimum absolute atomic E-state index is 0.234. The number of amides is 1. The van der Waals surface area contributed by atoms with E-state index in [0.717, 1.165) is 24.9 Å². The molecule has 1 fully saturated rings. The standard InChI is InChI=1S/C18H21N3O3/c22-16-8-4-5-13(9-16)10-19-18(24)17(23)14-11-20-21(12-14)15-6-2-1-3-7-15/h1-3,6-7,11-13,16,22H,4-5,8-10H2,(H,19,24). The van der Waals surface area contributed by atoms with E-state index in [0.29, 0.717) is 13.0 Å². The van der Waals surface area contributed by atoms with Crippen LogP contribution in [-0.2, 0) is 4.79 Å². The number of nitrogens with zero attached hydrogens (tertiary/aromatic N) is 2. The maximum absolute atomic E-state index is 12.2. The van der Waals surface area contributed by atoms with Crippen molar-refractivity contribution in [3.63, 3.8) is 0 Å². The summed E-state index contributed by atoms with van der Waals surface area (Å²) >= 11 is 0. The summed E-state index contributed by atoms with van der Waals surface area (Å²) < 4.78 is 1.57. The molecule has 2 N–H and O–H groups in total. The Morgan fingerprint density at radius 2 is 2.04 bits per heavy atom. The van der Waals surface area contributed by atoms with E-state index < -0.39 is 11.7 Å². The van der Waals surface area contributed by atoms with Gasteiger partial charge >= 0.3 is 0 Å². The van der Waals surface area contributed by atoms with Crippen molar-refractivity contribution in [2.24, 2.45) is 5.92 Å². The van der Waals surface area contributed by atoms with E-state index >= 15 is 0 Å². The third kappa shape index (κ3) is 3.89. The zero-order valence-corrected chi connectivity index (χ0v) is 13.4. The van der Waals surface area contributed by atoms with Gasteiger partial charge in [0.2, 0.25) is 0 Å². The zero-order chi connectivity index (χ0) is 16.9. The fraction of sp³-hybridized carbons (Fsp3) is 0.389. The van der Waals surface area contributed by atoms with Gasteiger partial charge in [0.1, 0.15) is 0 Å². The molecule has 0 spiro atoms. The van der Waals surface area contributed by atoms with Crippen LogP contribution < -0.4 is 5.32 Å². The van der Waals surface area contributed by atoms with Gasteiger partial charge in [0.25, 0.3) is 11.7 Å². The highest BCUT2D eigenvalue weighted by Crippen LogP contribution is 2.23. The van der Waals surface area contributed by atoms with Gasteiger partial charge in [0, 0.05) is 12.7 Å². The van der Waals surface area contributed by atoms with Gasteiger partial charge in [0.05, 0.1) is 23.6 Å². The molecule has 0 bridgehead atoms. The monoisotopic (exact) mass is 327 g/mol. The van der Waals surface area contributed by atoms with Gasteiger partial charge in [-0.05, 0) is 37.3 Å². The Balaban J connectivity index is 1.58. The number of carbonyl (C=O) groups is 2. The average Bonchev–Trinajstić information content (AvgIpc) is 3.10. The van der Waals surface area contributed by atoms with Crippen molar-refractivity contribution >= 4 is 11.7 Å². The Bertz CT molecular complexity index is 711. The topological polar surface area (TPSA) is 84.2 Å². The highest BCUT2D eigenvalue weighted by molar-refractivity contribution is 6.42. The molecule has 2 unspecified atom stereocenters. The minimum Gasteiger partial charge on any atom is -0.393 e. The van der Waals surface area contributed by atoms with E-state index in [1.54, 1.807) is 10.9 Å². The van der Waals surface area contributed by atoms with Crippen molar-refractivity contribution in [2.75, 3.05) is 6.54 Å². The van der Waals surface area contributed by atoms with Crippen molar-refractivity contribution in [3.05, 3.63) is 48.3 Å². The van der Waals surface area contributed by atoms with E-state index in [9.17, 15) is 14.7 Å². The number of hydrogen-bond acceptors (Lipinski definition) is 4. The molecule has 2 atom stereocenters. The van der Waals surface area contributed by atoms with Crippen LogP contribution in [0.2, 0.25) is 0 Å². The first-order valence-corrected chi connectivity index (χ1v) is 8.24. The van der Waals surface area contributed by atoms with Crippen LogP contribution in [-0.4, -0.2) is 39.2 Å². The lowest BCUT2D eigenvalue weighted by Gasteiger charge is -2.25. The quantitative estimate of drug-likeness (QED) is 0.647. The normalized spacial score (nSPS) is 20.5. The summed E-state index contributed by atoms with van der Waals surface area (Å²) in [5.41, 5.74) is 1.09. The zero-order valence-electron chi connectivity index (χ0n) is 13.4. The van der Waals surface area contributed by atoms with E-state index in [1.807, 2.05) is 30.3 Å². The molecule has 1 heterocycles. The Kier molecular flexibility index (Phi) is 5.05. The van der Waals surface area contributed by atoms with Crippen LogP contribution in [0.25, 0.3) is 5.69 Å². The van der Waals surface area contributed by atoms with Gasteiger partial charge in [-0.25, -0.2) is 4.68 Å². The lowest BCUT2D eigenvalue weighted by atomic mass is 9.87. The first kappa shape index (κ1) is 16.4. The smallest absolute Gasteiger partial charge is 0.292 e. The van der Waals surface area contributed by atoms with E-state index in [2.05, 4.69) is 10.4 Å². The molecule has 0 saturated heterocycles. The number of rotatable bonds is 5. The molecular weight excluding hydrogens is 306 g/mol. The van der Waals surface area contributed by atoms with Crippen molar-refractivity contribution in [1.29, 1.82) is 0 Å². The summed E-state index contributed by atoms with van der Waals surface area (Å²) in [4.78, 5) is 24.3. The molecule has 126 valence electrons. The van der Waals surface area contributed by atoms with Gasteiger partial charge in [-0.3, -0.25) is 9.59 Å². The molecule has 1 amide bonds. The lowest BCUT2D eigenvalue weighted by Crippen LogP contribution is -2.36. The second kappa shape index (κ2) is 7.40. The Labute approximate surface area is 140 Å². The van der Waals surface area contributed by atoms with E-state index in [1.165, 1.54) is 6.20 Å². The average molecular weight is 327 g/mol. The molecule has 6 heteroatoms. The molecule has 24 heavy (non-hydrogen) atoms. The predicted octanol–water partition coefficient (Wildman–Crippen LogP) is 1.72. The highest BCUT2D eigenvalue weighted by Gasteiger charge is 2.23. The fourth-order valence-electron chi connectivity index (χ4n) is 3.06. The first-order valence-electron chi connectivity index (χ1n) is 8.24. The van der Waals surface area contributed by atoms with Crippen molar-refractivity contribution in [3.8, 4) is 5.69 Å². The summed E-state index contributed by atoms with van der Waals surface area (Å²) in [6.07, 6.45) is 6.10. The number of para-hydroxylation sites is 1. The molecule has 0 aliphatic heterocycles. The molecule has 0 radical (unpaired) electrons. The Morgan fingerprint density at radius 1 is 1.25 bits per heavy atom. The Morgan fingerprint density at radius 3 is 2.79 bits per heavy atom. The van der Waals surface area contributed by atoms with Gasteiger partial charge in [-0.1, -0.05) is 24.6 Å². The molecule has 1 aliphatic rings. The molecule has 1 aliphatic carbocycles. The number of ketones is 1. The van der Waals surface area contributed by atoms with Crippen molar-refractivity contribution in [1.82, 2.24) is 15.1 Å². The molecule has 1 aromatic carbocycles. The summed E-state index contributed by atoms with van der Waals surface area (Å²) in [7, 11) is 0. The summed E-state index contributed by atoms with van der Waals surface area (Å²) in [6.45, 7) is 0.425. The highest BCUT2D eigenvalue weighted by atomic mass is 16.3. The molecule has 2 aromatic rings. The molecule has 1 aromatic heterocycles. The molecule has 3 rings (SSSR count). The summed E-state index contributed by atoms with van der Waals surface area (Å²) in [6, 6.07) is 9.40. The second-order valence-corrected chi connectivity index (χ2v) is 6.23. The van der Waals surface area contributed by atoms with Crippen LogP contribution in [0, 0.1) is 5.92 Å². The molecular formula is C18H21N3O3. The van der Waals surface area contributed by atoms with Crippen LogP contribution in [0.3, 0.4) is 0 Å². The molecule has 6 nitrogen and oxygen atoms in total. The number of Topliss-reactive ketones (excluding diaryl/α,β-unsaturated/α-hetero) is 1. The maximum atomic E-state index is 12.2. The fourth-order valence-corrected chi connectivity index (χ4v) is 3.06. The summed E-state index contributed by atoms with van der Waals surface area (Å²) in [5.74, 6) is -0.978. The number of carbonyl (C=O) groups excluding carboxylic acids is 2. The third-order valence-corrected chi connectivity index (χ3v) is 4.38. The van der Waals surface area contributed by atoms with Gasteiger partial charge < -0.3 is 10.4 Å². The number of aliphatic hydroxyl groups is 1. The predicted molar refractivity (Wildman–Crippen MR) is 88.9 cm³/mol. The third-order valence-electron chi connectivity index (χ3n) is 4.38. The van der Waals surface area contributed by atoms with Crippen LogP contribution in [0.4, 0.5) is 0 Å². The lowest BCUT2D eigenvalue weighted by molar-refractivity contribution is -0.117. The Hall–Kier alpha value is -2.47. The maximum Gasteiger partial charge on any atom is 0.292 e. The number of nitrogens with one attached hydrogen (secondary N) is 1. The van der Waals surface area contributed by atoms with E-state index in [4.69, 9.17) is 0 Å². The SMILES string of the molecule is O=C(NCC1CCCC(O)C1)C(=O)c1cnn(-c2ccccc2)c1. The van der Waals surface area contributed by atoms with Crippen LogP contribution in [0.5, 0.6) is 0 Å². The number of aliphatic hydroxyl groups excluding tert-OH is 1. The van der Waals surface area contributed by atoms with Crippen LogP contribution >= 0.6 is 0 Å². The number of aromatic nitrogens is 2. The second-order valence-electron chi connectivity index (χ2n) is 6.23. The van der Waals surface area contributed by atoms with Gasteiger partial charge in [-0.2, -0.15) is 5.10 Å². The minimum atomic E-state index is -0.623. The van der Waals surface area contributed by atoms with E-state index in [-0.39, 0.29) is 17.6 Å². The van der Waals surface area contributed by atoms with Gasteiger partial charge in [-0.15, -0.1) is 0 Å². The summed E-state index contributed by atoms with van der Waals surface area (Å²) in [5, 5.41) is 16.5. The molecule has 1 saturated carbocycles. The van der Waals surface area contributed by atoms with Crippen LogP contribution in [0.15, 0.2) is 42.7 Å². The number of benzene rings is 1. The first-order chi connectivity index (χ1) is 11.6. The van der Waals surface area contributed by atoms with Gasteiger partial charge in [0.15, 0.2) is 0 Å². The number of hydrogen-bond donors (Lipinski definition) is 2.